The summed E-state index contributed by atoms with van der Waals surface area (Å²) in [7, 11) is 0. The summed E-state index contributed by atoms with van der Waals surface area (Å²) in [4.78, 5) is 14.9. The third-order valence-electron chi connectivity index (χ3n) is 4.72. The number of aromatic nitrogens is 2. The Morgan fingerprint density at radius 2 is 1.84 bits per heavy atom. The summed E-state index contributed by atoms with van der Waals surface area (Å²) in [6, 6.07) is 15.5. The Morgan fingerprint density at radius 1 is 1.12 bits per heavy atom. The molecule has 0 aliphatic rings. The first-order chi connectivity index (χ1) is 15.4. The normalized spacial score (nSPS) is 13.2. The highest BCUT2D eigenvalue weighted by atomic mass is 16.6. The van der Waals surface area contributed by atoms with Crippen LogP contribution in [0.1, 0.15) is 31.3 Å². The van der Waals surface area contributed by atoms with E-state index in [0.29, 0.717) is 42.8 Å². The second-order valence-electron chi connectivity index (χ2n) is 8.00. The predicted molar refractivity (Wildman–Crippen MR) is 119 cm³/mol. The molecule has 2 atom stereocenters. The number of hydrogen-bond donors (Lipinski definition) is 2. The molecule has 0 saturated heterocycles. The Bertz CT molecular complexity index is 976. The van der Waals surface area contributed by atoms with Crippen molar-refractivity contribution in [1.82, 2.24) is 15.5 Å². The molecular formula is C23H28N4O5. The fourth-order valence-electron chi connectivity index (χ4n) is 3.10. The minimum atomic E-state index is -0.677. The van der Waals surface area contributed by atoms with Crippen LogP contribution in [-0.2, 0) is 11.2 Å². The van der Waals surface area contributed by atoms with E-state index in [4.69, 9.17) is 9.26 Å². The number of benzene rings is 2. The lowest BCUT2D eigenvalue weighted by atomic mass is 10.1. The molecule has 0 bridgehead atoms. The standard InChI is InChI=1S/C23H28N4O5/c1-16(2)14-31-15-20(28)13-24-21(12-17-6-4-3-5-7-17)23-25-22(26-32-23)18-8-10-19(11-9-18)27(29)30/h3-11,16,20-21,24,28H,12-15H2,1-2H3/t20-,21-/m1/s1. The Labute approximate surface area is 186 Å². The lowest BCUT2D eigenvalue weighted by Crippen LogP contribution is -2.34. The smallest absolute Gasteiger partial charge is 0.269 e. The van der Waals surface area contributed by atoms with Crippen LogP contribution in [0.15, 0.2) is 59.1 Å². The quantitative estimate of drug-likeness (QED) is 0.324. The third-order valence-corrected chi connectivity index (χ3v) is 4.72. The topological polar surface area (TPSA) is 124 Å². The van der Waals surface area contributed by atoms with Crippen molar-refractivity contribution in [2.75, 3.05) is 19.8 Å². The van der Waals surface area contributed by atoms with Crippen molar-refractivity contribution >= 4 is 5.69 Å². The number of aliphatic hydroxyl groups excluding tert-OH is 1. The third kappa shape index (κ3) is 6.94. The molecule has 3 aromatic rings. The summed E-state index contributed by atoms with van der Waals surface area (Å²) < 4.78 is 11.0. The number of nitro benzene ring substituents is 1. The molecule has 0 aliphatic carbocycles. The first kappa shape index (κ1) is 23.5. The number of ether oxygens (including phenoxy) is 1. The van der Waals surface area contributed by atoms with Crippen LogP contribution in [0.2, 0.25) is 0 Å². The Morgan fingerprint density at radius 3 is 2.50 bits per heavy atom. The van der Waals surface area contributed by atoms with E-state index in [1.54, 1.807) is 12.1 Å². The molecular weight excluding hydrogens is 412 g/mol. The number of aliphatic hydroxyl groups is 1. The zero-order chi connectivity index (χ0) is 22.9. The molecule has 0 amide bonds. The van der Waals surface area contributed by atoms with Gasteiger partial charge in [-0.1, -0.05) is 49.3 Å². The van der Waals surface area contributed by atoms with E-state index in [1.165, 1.54) is 12.1 Å². The maximum absolute atomic E-state index is 10.9. The van der Waals surface area contributed by atoms with Crippen LogP contribution < -0.4 is 5.32 Å². The molecule has 3 rings (SSSR count). The number of nitro groups is 1. The fraction of sp³-hybridized carbons (Fsp3) is 0.391. The van der Waals surface area contributed by atoms with Crippen LogP contribution in [0.3, 0.4) is 0 Å². The molecule has 0 aliphatic heterocycles. The molecule has 0 unspecified atom stereocenters. The molecule has 2 aromatic carbocycles. The summed E-state index contributed by atoms with van der Waals surface area (Å²) in [6.45, 7) is 5.23. The summed E-state index contributed by atoms with van der Waals surface area (Å²) >= 11 is 0. The maximum atomic E-state index is 10.9. The van der Waals surface area contributed by atoms with Gasteiger partial charge >= 0.3 is 0 Å². The van der Waals surface area contributed by atoms with Gasteiger partial charge in [0.15, 0.2) is 0 Å². The Kier molecular flexibility index (Phi) is 8.43. The minimum Gasteiger partial charge on any atom is -0.389 e. The van der Waals surface area contributed by atoms with Crippen LogP contribution in [0, 0.1) is 16.0 Å². The molecule has 0 radical (unpaired) electrons. The van der Waals surface area contributed by atoms with Gasteiger partial charge in [0.25, 0.3) is 5.69 Å². The fourth-order valence-corrected chi connectivity index (χ4v) is 3.10. The van der Waals surface area contributed by atoms with Crippen molar-refractivity contribution in [2.45, 2.75) is 32.4 Å². The van der Waals surface area contributed by atoms with Gasteiger partial charge in [0, 0.05) is 30.8 Å². The van der Waals surface area contributed by atoms with E-state index in [0.717, 1.165) is 5.56 Å². The Hall–Kier alpha value is -3.14. The van der Waals surface area contributed by atoms with Crippen molar-refractivity contribution in [3.63, 3.8) is 0 Å². The number of nitrogens with one attached hydrogen (secondary N) is 1. The number of nitrogens with zero attached hydrogens (tertiary/aromatic N) is 3. The van der Waals surface area contributed by atoms with E-state index in [9.17, 15) is 15.2 Å². The van der Waals surface area contributed by atoms with Gasteiger partial charge in [-0.3, -0.25) is 10.1 Å². The zero-order valence-corrected chi connectivity index (χ0v) is 18.2. The number of rotatable bonds is 12. The molecule has 1 aromatic heterocycles. The van der Waals surface area contributed by atoms with Crippen LogP contribution in [0.4, 0.5) is 5.69 Å². The molecule has 32 heavy (non-hydrogen) atoms. The maximum Gasteiger partial charge on any atom is 0.269 e. The Balaban J connectivity index is 1.71. The van der Waals surface area contributed by atoms with E-state index in [-0.39, 0.29) is 18.3 Å². The lowest BCUT2D eigenvalue weighted by molar-refractivity contribution is -0.384. The van der Waals surface area contributed by atoms with Crippen LogP contribution >= 0.6 is 0 Å². The average molecular weight is 441 g/mol. The van der Waals surface area contributed by atoms with Crippen molar-refractivity contribution in [3.8, 4) is 11.4 Å². The van der Waals surface area contributed by atoms with Gasteiger partial charge in [-0.2, -0.15) is 4.98 Å². The molecule has 0 saturated carbocycles. The first-order valence-corrected chi connectivity index (χ1v) is 10.5. The van der Waals surface area contributed by atoms with Gasteiger partial charge in [-0.05, 0) is 30.0 Å². The lowest BCUT2D eigenvalue weighted by Gasteiger charge is -2.18. The summed E-state index contributed by atoms with van der Waals surface area (Å²) in [5, 5.41) is 28.5. The first-order valence-electron chi connectivity index (χ1n) is 10.5. The number of hydrogen-bond acceptors (Lipinski definition) is 8. The van der Waals surface area contributed by atoms with Gasteiger partial charge in [0.2, 0.25) is 11.7 Å². The molecule has 9 nitrogen and oxygen atoms in total. The second kappa shape index (κ2) is 11.5. The summed E-state index contributed by atoms with van der Waals surface area (Å²) in [5.74, 6) is 1.12. The molecule has 2 N–H and O–H groups in total. The molecule has 170 valence electrons. The van der Waals surface area contributed by atoms with Crippen LogP contribution in [0.5, 0.6) is 0 Å². The van der Waals surface area contributed by atoms with E-state index in [2.05, 4.69) is 29.3 Å². The average Bonchev–Trinajstić information content (AvgIpc) is 3.27. The SMILES string of the molecule is CC(C)COC[C@H](O)CN[C@H](Cc1ccccc1)c1nc(-c2ccc([N+](=O)[O-])cc2)no1. The van der Waals surface area contributed by atoms with Crippen molar-refractivity contribution in [3.05, 3.63) is 76.2 Å². The largest absolute Gasteiger partial charge is 0.389 e. The van der Waals surface area contributed by atoms with Crippen molar-refractivity contribution < 1.29 is 19.3 Å². The predicted octanol–water partition coefficient (Wildman–Crippen LogP) is 3.55. The second-order valence-corrected chi connectivity index (χ2v) is 8.00. The molecule has 1 heterocycles. The monoisotopic (exact) mass is 440 g/mol. The van der Waals surface area contributed by atoms with E-state index < -0.39 is 11.0 Å². The van der Waals surface area contributed by atoms with E-state index in [1.807, 2.05) is 30.3 Å². The van der Waals surface area contributed by atoms with Gasteiger partial charge in [-0.25, -0.2) is 0 Å². The zero-order valence-electron chi connectivity index (χ0n) is 18.2. The number of non-ortho nitro benzene ring substituents is 1. The highest BCUT2D eigenvalue weighted by molar-refractivity contribution is 5.56. The van der Waals surface area contributed by atoms with Gasteiger partial charge in [0.05, 0.1) is 23.7 Å². The van der Waals surface area contributed by atoms with Crippen molar-refractivity contribution in [2.24, 2.45) is 5.92 Å². The summed E-state index contributed by atoms with van der Waals surface area (Å²) in [5.41, 5.74) is 1.69. The highest BCUT2D eigenvalue weighted by Gasteiger charge is 2.21. The van der Waals surface area contributed by atoms with Crippen molar-refractivity contribution in [1.29, 1.82) is 0 Å². The van der Waals surface area contributed by atoms with Gasteiger partial charge < -0.3 is 19.7 Å². The van der Waals surface area contributed by atoms with E-state index >= 15 is 0 Å². The molecule has 0 spiro atoms. The van der Waals surface area contributed by atoms with Crippen LogP contribution in [-0.4, -0.2) is 46.0 Å². The highest BCUT2D eigenvalue weighted by Crippen LogP contribution is 2.23. The van der Waals surface area contributed by atoms with Gasteiger partial charge in [0.1, 0.15) is 0 Å². The summed E-state index contributed by atoms with van der Waals surface area (Å²) in [6.07, 6.45) is -0.0911. The van der Waals surface area contributed by atoms with Crippen LogP contribution in [0.25, 0.3) is 11.4 Å². The minimum absolute atomic E-state index is 0.00485. The molecule has 9 heteroatoms. The molecule has 0 fully saturated rings. The van der Waals surface area contributed by atoms with Gasteiger partial charge in [-0.15, -0.1) is 0 Å².